The number of rotatable bonds is 2. The van der Waals surface area contributed by atoms with Crippen molar-refractivity contribution in [3.8, 4) is 0 Å². The highest BCUT2D eigenvalue weighted by atomic mass is 35.5. The second kappa shape index (κ2) is 4.04. The molecule has 1 aromatic carbocycles. The van der Waals surface area contributed by atoms with E-state index < -0.39 is 0 Å². The van der Waals surface area contributed by atoms with E-state index in [2.05, 4.69) is 0 Å². The molecule has 0 bridgehead atoms. The minimum absolute atomic E-state index is 0.677. The average Bonchev–Trinajstić information content (AvgIpc) is 2.03. The van der Waals surface area contributed by atoms with Crippen molar-refractivity contribution in [3.05, 3.63) is 47.2 Å². The molecule has 11 heavy (non-hydrogen) atoms. The third-order valence-corrected chi connectivity index (χ3v) is 1.77. The molecule has 1 nitrogen and oxygen atoms in total. The molecule has 0 unspecified atom stereocenters. The molecule has 0 aliphatic heterocycles. The zero-order valence-electron chi connectivity index (χ0n) is 6.00. The van der Waals surface area contributed by atoms with Crippen molar-refractivity contribution in [2.45, 2.75) is 6.42 Å². The molecule has 0 heterocycles. The highest BCUT2D eigenvalue weighted by Gasteiger charge is 1.94. The van der Waals surface area contributed by atoms with Crippen molar-refractivity contribution in [2.75, 3.05) is 0 Å². The number of benzene rings is 1. The van der Waals surface area contributed by atoms with Gasteiger partial charge < -0.3 is 5.11 Å². The molecule has 58 valence electrons. The summed E-state index contributed by atoms with van der Waals surface area (Å²) in [6.45, 7) is 0. The van der Waals surface area contributed by atoms with Crippen LogP contribution in [0.25, 0.3) is 0 Å². The maximum Gasteiger partial charge on any atom is 0.0755 e. The molecule has 0 radical (unpaired) electrons. The van der Waals surface area contributed by atoms with Crippen LogP contribution >= 0.6 is 11.6 Å². The molecule has 0 saturated carbocycles. The maximum atomic E-state index is 8.39. The molecule has 0 aliphatic rings. The Hall–Kier alpha value is -0.950. The van der Waals surface area contributed by atoms with Gasteiger partial charge in [0, 0.05) is 5.02 Å². The van der Waals surface area contributed by atoms with E-state index in [1.54, 1.807) is 6.08 Å². The summed E-state index contributed by atoms with van der Waals surface area (Å²) in [6, 6.07) is 7.57. The Labute approximate surface area is 70.9 Å². The highest BCUT2D eigenvalue weighted by Crippen LogP contribution is 2.15. The zero-order valence-corrected chi connectivity index (χ0v) is 6.75. The number of halogens is 1. The second-order valence-corrected chi connectivity index (χ2v) is 2.59. The predicted molar refractivity (Wildman–Crippen MR) is 46.9 cm³/mol. The fourth-order valence-corrected chi connectivity index (χ4v) is 1.06. The van der Waals surface area contributed by atoms with E-state index in [-0.39, 0.29) is 0 Å². The summed E-state index contributed by atoms with van der Waals surface area (Å²) in [7, 11) is 0. The number of aliphatic hydroxyl groups excluding tert-OH is 1. The standard InChI is InChI=1S/C9H9ClO/c10-9-6-2-1-4-8(9)5-3-7-11/h1-4,6-7,11H,5H2. The Morgan fingerprint density at radius 1 is 1.36 bits per heavy atom. The number of allylic oxidation sites excluding steroid dienone is 1. The molecule has 0 aliphatic carbocycles. The average molecular weight is 169 g/mol. The van der Waals surface area contributed by atoms with E-state index in [1.165, 1.54) is 0 Å². The lowest BCUT2D eigenvalue weighted by Crippen LogP contribution is -1.80. The van der Waals surface area contributed by atoms with Gasteiger partial charge in [-0.25, -0.2) is 0 Å². The Balaban J connectivity index is 2.77. The SMILES string of the molecule is OC=CCc1ccccc1Cl. The van der Waals surface area contributed by atoms with Crippen LogP contribution < -0.4 is 0 Å². The first-order chi connectivity index (χ1) is 5.34. The van der Waals surface area contributed by atoms with Crippen LogP contribution in [0.2, 0.25) is 5.02 Å². The third-order valence-electron chi connectivity index (χ3n) is 1.40. The van der Waals surface area contributed by atoms with Crippen molar-refractivity contribution in [2.24, 2.45) is 0 Å². The van der Waals surface area contributed by atoms with Gasteiger partial charge in [-0.05, 0) is 24.1 Å². The van der Waals surface area contributed by atoms with E-state index in [9.17, 15) is 0 Å². The van der Waals surface area contributed by atoms with Crippen LogP contribution in [0.1, 0.15) is 5.56 Å². The predicted octanol–water partition coefficient (Wildman–Crippen LogP) is 2.95. The molecule has 1 rings (SSSR count). The molecule has 0 aromatic heterocycles. The quantitative estimate of drug-likeness (QED) is 0.674. The lowest BCUT2D eigenvalue weighted by molar-refractivity contribution is 0.471. The van der Waals surface area contributed by atoms with Gasteiger partial charge in [-0.1, -0.05) is 29.8 Å². The second-order valence-electron chi connectivity index (χ2n) is 2.18. The first-order valence-corrected chi connectivity index (χ1v) is 3.75. The van der Waals surface area contributed by atoms with Crippen LogP contribution in [0.15, 0.2) is 36.6 Å². The van der Waals surface area contributed by atoms with Crippen molar-refractivity contribution in [1.29, 1.82) is 0 Å². The smallest absolute Gasteiger partial charge is 0.0755 e. The molecule has 2 heteroatoms. The van der Waals surface area contributed by atoms with Crippen LogP contribution in [0.4, 0.5) is 0 Å². The van der Waals surface area contributed by atoms with Gasteiger partial charge in [0.1, 0.15) is 0 Å². The summed E-state index contributed by atoms with van der Waals surface area (Å²) >= 11 is 5.84. The molecule has 1 N–H and O–H groups in total. The molecule has 0 atom stereocenters. The summed E-state index contributed by atoms with van der Waals surface area (Å²) < 4.78 is 0. The van der Waals surface area contributed by atoms with Gasteiger partial charge in [0.2, 0.25) is 0 Å². The van der Waals surface area contributed by atoms with Crippen LogP contribution in [0.5, 0.6) is 0 Å². The minimum Gasteiger partial charge on any atom is -0.516 e. The highest BCUT2D eigenvalue weighted by molar-refractivity contribution is 6.31. The number of hydrogen-bond donors (Lipinski definition) is 1. The van der Waals surface area contributed by atoms with E-state index in [1.807, 2.05) is 24.3 Å². The van der Waals surface area contributed by atoms with E-state index in [0.717, 1.165) is 16.8 Å². The first kappa shape index (κ1) is 8.15. The Morgan fingerprint density at radius 3 is 2.73 bits per heavy atom. The van der Waals surface area contributed by atoms with Crippen LogP contribution in [-0.2, 0) is 6.42 Å². The molecular formula is C9H9ClO. The summed E-state index contributed by atoms with van der Waals surface area (Å²) in [6.07, 6.45) is 3.36. The maximum absolute atomic E-state index is 8.39. The lowest BCUT2D eigenvalue weighted by atomic mass is 10.1. The lowest BCUT2D eigenvalue weighted by Gasteiger charge is -1.97. The molecular weight excluding hydrogens is 160 g/mol. The Morgan fingerprint density at radius 2 is 2.09 bits per heavy atom. The van der Waals surface area contributed by atoms with E-state index >= 15 is 0 Å². The normalized spacial score (nSPS) is 10.6. The van der Waals surface area contributed by atoms with Gasteiger partial charge in [-0.15, -0.1) is 0 Å². The fraction of sp³-hybridized carbons (Fsp3) is 0.111. The third kappa shape index (κ3) is 2.28. The summed E-state index contributed by atoms with van der Waals surface area (Å²) in [5.74, 6) is 0. The molecule has 0 fully saturated rings. The van der Waals surface area contributed by atoms with Gasteiger partial charge >= 0.3 is 0 Å². The van der Waals surface area contributed by atoms with Crippen molar-refractivity contribution in [1.82, 2.24) is 0 Å². The number of aliphatic hydroxyl groups is 1. The van der Waals surface area contributed by atoms with Crippen LogP contribution in [-0.4, -0.2) is 5.11 Å². The molecule has 0 amide bonds. The van der Waals surface area contributed by atoms with Crippen molar-refractivity contribution >= 4 is 11.6 Å². The number of hydrogen-bond acceptors (Lipinski definition) is 1. The molecule has 0 spiro atoms. The van der Waals surface area contributed by atoms with Crippen LogP contribution in [0, 0.1) is 0 Å². The van der Waals surface area contributed by atoms with Crippen molar-refractivity contribution in [3.63, 3.8) is 0 Å². The van der Waals surface area contributed by atoms with Crippen molar-refractivity contribution < 1.29 is 5.11 Å². The van der Waals surface area contributed by atoms with Crippen LogP contribution in [0.3, 0.4) is 0 Å². The Kier molecular flexibility index (Phi) is 2.99. The van der Waals surface area contributed by atoms with E-state index in [0.29, 0.717) is 6.42 Å². The van der Waals surface area contributed by atoms with Gasteiger partial charge in [0.15, 0.2) is 0 Å². The van der Waals surface area contributed by atoms with Gasteiger partial charge in [0.25, 0.3) is 0 Å². The summed E-state index contributed by atoms with van der Waals surface area (Å²) in [4.78, 5) is 0. The Bertz CT molecular complexity index is 255. The fourth-order valence-electron chi connectivity index (χ4n) is 0.844. The topological polar surface area (TPSA) is 20.2 Å². The monoisotopic (exact) mass is 168 g/mol. The first-order valence-electron chi connectivity index (χ1n) is 3.37. The van der Waals surface area contributed by atoms with E-state index in [4.69, 9.17) is 16.7 Å². The van der Waals surface area contributed by atoms with Gasteiger partial charge in [0.05, 0.1) is 6.26 Å². The largest absolute Gasteiger partial charge is 0.516 e. The van der Waals surface area contributed by atoms with Gasteiger partial charge in [-0.3, -0.25) is 0 Å². The minimum atomic E-state index is 0.677. The molecule has 1 aromatic rings. The summed E-state index contributed by atoms with van der Waals surface area (Å²) in [5, 5.41) is 9.14. The zero-order chi connectivity index (χ0) is 8.10. The summed E-state index contributed by atoms with van der Waals surface area (Å²) in [5.41, 5.74) is 1.03. The molecule has 0 saturated heterocycles. The van der Waals surface area contributed by atoms with Gasteiger partial charge in [-0.2, -0.15) is 0 Å².